The number of ether oxygens (including phenoxy) is 3. The summed E-state index contributed by atoms with van der Waals surface area (Å²) in [6.45, 7) is 5.11. The van der Waals surface area contributed by atoms with E-state index in [9.17, 15) is 9.59 Å². The Bertz CT molecular complexity index is 1280. The lowest BCUT2D eigenvalue weighted by Gasteiger charge is -2.47. The summed E-state index contributed by atoms with van der Waals surface area (Å²) in [6, 6.07) is 12.8. The van der Waals surface area contributed by atoms with E-state index in [2.05, 4.69) is 11.1 Å². The molecule has 1 saturated heterocycles. The van der Waals surface area contributed by atoms with E-state index in [0.29, 0.717) is 37.5 Å². The molecule has 1 unspecified atom stereocenters. The Labute approximate surface area is 211 Å². The third-order valence-corrected chi connectivity index (χ3v) is 7.09. The fraction of sp³-hybridized carbons (Fsp3) is 0.429. The lowest BCUT2D eigenvalue weighted by atomic mass is 9.86. The van der Waals surface area contributed by atoms with Gasteiger partial charge in [0.1, 0.15) is 6.04 Å². The van der Waals surface area contributed by atoms with Crippen LogP contribution in [0, 0.1) is 0 Å². The van der Waals surface area contributed by atoms with Crippen molar-refractivity contribution in [2.75, 3.05) is 33.9 Å². The molecule has 36 heavy (non-hydrogen) atoms. The number of nitrogens with zero attached hydrogens (tertiary/aromatic N) is 2. The molecule has 1 fully saturated rings. The van der Waals surface area contributed by atoms with Crippen LogP contribution in [-0.2, 0) is 20.7 Å². The van der Waals surface area contributed by atoms with Crippen LogP contribution < -0.4 is 9.47 Å². The summed E-state index contributed by atoms with van der Waals surface area (Å²) in [6.07, 6.45) is 1.31. The highest BCUT2D eigenvalue weighted by Gasteiger charge is 2.48. The van der Waals surface area contributed by atoms with Crippen molar-refractivity contribution < 1.29 is 23.8 Å². The number of benzene rings is 2. The summed E-state index contributed by atoms with van der Waals surface area (Å²) >= 11 is 0. The van der Waals surface area contributed by atoms with Crippen molar-refractivity contribution in [2.45, 2.75) is 44.9 Å². The van der Waals surface area contributed by atoms with E-state index in [1.807, 2.05) is 50.2 Å². The van der Waals surface area contributed by atoms with Crippen LogP contribution in [0.25, 0.3) is 10.9 Å². The van der Waals surface area contributed by atoms with Crippen molar-refractivity contribution in [3.63, 3.8) is 0 Å². The van der Waals surface area contributed by atoms with Crippen LogP contribution in [0.15, 0.2) is 42.5 Å². The molecule has 3 heterocycles. The zero-order valence-corrected chi connectivity index (χ0v) is 21.2. The quantitative estimate of drug-likeness (QED) is 0.486. The number of H-pyrrole nitrogens is 1. The predicted molar refractivity (Wildman–Crippen MR) is 136 cm³/mol. The number of hydrogen-bond acceptors (Lipinski definition) is 5. The Balaban J connectivity index is 1.55. The monoisotopic (exact) mass is 491 g/mol. The van der Waals surface area contributed by atoms with Crippen molar-refractivity contribution in [1.29, 1.82) is 0 Å². The van der Waals surface area contributed by atoms with Crippen LogP contribution in [0.4, 0.5) is 0 Å². The molecule has 0 aliphatic carbocycles. The van der Waals surface area contributed by atoms with Gasteiger partial charge in [0.25, 0.3) is 0 Å². The summed E-state index contributed by atoms with van der Waals surface area (Å²) in [4.78, 5) is 34.4. The summed E-state index contributed by atoms with van der Waals surface area (Å²) in [5, 5.41) is 1.08. The minimum atomic E-state index is -0.568. The fourth-order valence-electron chi connectivity index (χ4n) is 5.46. The smallest absolute Gasteiger partial charge is 0.246 e. The first-order valence-corrected chi connectivity index (χ1v) is 12.5. The highest BCUT2D eigenvalue weighted by Crippen LogP contribution is 2.44. The van der Waals surface area contributed by atoms with Gasteiger partial charge in [0.2, 0.25) is 11.8 Å². The van der Waals surface area contributed by atoms with Crippen molar-refractivity contribution in [1.82, 2.24) is 14.8 Å². The Hall–Kier alpha value is -3.52. The Morgan fingerprint density at radius 1 is 1.06 bits per heavy atom. The fourth-order valence-corrected chi connectivity index (χ4v) is 5.46. The number of amides is 2. The lowest BCUT2D eigenvalue weighted by molar-refractivity contribution is -0.158. The number of aromatic nitrogens is 1. The molecule has 3 aromatic rings. The van der Waals surface area contributed by atoms with E-state index in [4.69, 9.17) is 14.2 Å². The second-order valence-corrected chi connectivity index (χ2v) is 9.63. The number of hydrogen-bond donors (Lipinski definition) is 1. The molecule has 2 atom stereocenters. The van der Waals surface area contributed by atoms with Gasteiger partial charge in [0.05, 0.1) is 32.9 Å². The van der Waals surface area contributed by atoms with Gasteiger partial charge in [0, 0.05) is 36.2 Å². The number of nitrogens with one attached hydrogen (secondary N) is 1. The molecule has 0 spiro atoms. The number of carbonyl (C=O) groups excluding carboxylic acids is 2. The van der Waals surface area contributed by atoms with Crippen LogP contribution in [0.5, 0.6) is 11.5 Å². The standard InChI is InChI=1S/C28H33N3O5/c1-17(2)36-13-7-12-30-16-25(32)31-22(28(30)33)15-20-19-8-5-6-9-21(19)29-26(20)27(31)18-10-11-23(34-3)24(14-18)35-4/h5-6,8-11,14,17,22,27,29H,7,12-13,15-16H2,1-4H3/t22-,27?/m0/s1. The first kappa shape index (κ1) is 24.2. The SMILES string of the molecule is COc1ccc(C2c3[nH]c4ccccc4c3C[C@H]3C(=O)N(CCCOC(C)C)CC(=O)N23)cc1OC. The summed E-state index contributed by atoms with van der Waals surface area (Å²) in [5.41, 5.74) is 3.89. The van der Waals surface area contributed by atoms with Crippen LogP contribution in [0.1, 0.15) is 43.1 Å². The highest BCUT2D eigenvalue weighted by atomic mass is 16.5. The van der Waals surface area contributed by atoms with Gasteiger partial charge in [-0.15, -0.1) is 0 Å². The van der Waals surface area contributed by atoms with Gasteiger partial charge in [0.15, 0.2) is 11.5 Å². The van der Waals surface area contributed by atoms with Crippen molar-refractivity contribution in [2.24, 2.45) is 0 Å². The molecule has 0 saturated carbocycles. The zero-order valence-electron chi connectivity index (χ0n) is 21.2. The molecule has 5 rings (SSSR count). The lowest BCUT2D eigenvalue weighted by Crippen LogP contribution is -2.63. The molecule has 8 nitrogen and oxygen atoms in total. The first-order valence-electron chi connectivity index (χ1n) is 12.5. The zero-order chi connectivity index (χ0) is 25.4. The van der Waals surface area contributed by atoms with Crippen LogP contribution in [0.2, 0.25) is 0 Å². The average molecular weight is 492 g/mol. The molecule has 190 valence electrons. The van der Waals surface area contributed by atoms with Gasteiger partial charge in [-0.05, 0) is 49.6 Å². The Kier molecular flexibility index (Phi) is 6.62. The van der Waals surface area contributed by atoms with E-state index in [-0.39, 0.29) is 24.5 Å². The van der Waals surface area contributed by atoms with E-state index < -0.39 is 12.1 Å². The van der Waals surface area contributed by atoms with Gasteiger partial charge in [-0.2, -0.15) is 0 Å². The topological polar surface area (TPSA) is 84.1 Å². The minimum Gasteiger partial charge on any atom is -0.493 e. The normalized spacial score (nSPS) is 19.6. The molecule has 0 bridgehead atoms. The Morgan fingerprint density at radius 3 is 2.58 bits per heavy atom. The van der Waals surface area contributed by atoms with E-state index in [1.165, 1.54) is 0 Å². The molecule has 2 aliphatic rings. The number of aromatic amines is 1. The molecule has 1 N–H and O–H groups in total. The van der Waals surface area contributed by atoms with Crippen molar-refractivity contribution >= 4 is 22.7 Å². The Morgan fingerprint density at radius 2 is 1.83 bits per heavy atom. The summed E-state index contributed by atoms with van der Waals surface area (Å²) < 4.78 is 16.6. The van der Waals surface area contributed by atoms with Crippen molar-refractivity contribution in [3.05, 3.63) is 59.3 Å². The second kappa shape index (κ2) is 9.85. The average Bonchev–Trinajstić information content (AvgIpc) is 3.26. The third-order valence-electron chi connectivity index (χ3n) is 7.09. The van der Waals surface area contributed by atoms with Gasteiger partial charge >= 0.3 is 0 Å². The maximum absolute atomic E-state index is 13.7. The number of rotatable bonds is 8. The maximum Gasteiger partial charge on any atom is 0.246 e. The molecule has 0 radical (unpaired) electrons. The highest BCUT2D eigenvalue weighted by molar-refractivity contribution is 5.97. The maximum atomic E-state index is 13.7. The number of methoxy groups -OCH3 is 2. The van der Waals surface area contributed by atoms with Gasteiger partial charge < -0.3 is 29.0 Å². The van der Waals surface area contributed by atoms with Crippen LogP contribution in [0.3, 0.4) is 0 Å². The van der Waals surface area contributed by atoms with Crippen LogP contribution in [-0.4, -0.2) is 72.7 Å². The van der Waals surface area contributed by atoms with E-state index in [0.717, 1.165) is 27.7 Å². The molecule has 2 aliphatic heterocycles. The largest absolute Gasteiger partial charge is 0.493 e. The molecular weight excluding hydrogens is 458 g/mol. The summed E-state index contributed by atoms with van der Waals surface area (Å²) in [7, 11) is 3.19. The molecule has 2 aromatic carbocycles. The number of piperazine rings is 1. The summed E-state index contributed by atoms with van der Waals surface area (Å²) in [5.74, 6) is 1.12. The predicted octanol–water partition coefficient (Wildman–Crippen LogP) is 3.69. The number of para-hydroxylation sites is 1. The van der Waals surface area contributed by atoms with E-state index >= 15 is 0 Å². The molecule has 2 amide bonds. The molecule has 1 aromatic heterocycles. The number of carbonyl (C=O) groups is 2. The minimum absolute atomic E-state index is 0.0134. The van der Waals surface area contributed by atoms with Crippen molar-refractivity contribution in [3.8, 4) is 11.5 Å². The molecule has 8 heteroatoms. The molecular formula is C28H33N3O5. The van der Waals surface area contributed by atoms with E-state index in [1.54, 1.807) is 24.0 Å². The second-order valence-electron chi connectivity index (χ2n) is 9.63. The first-order chi connectivity index (χ1) is 17.4. The van der Waals surface area contributed by atoms with Gasteiger partial charge in [-0.25, -0.2) is 0 Å². The number of fused-ring (bicyclic) bond motifs is 4. The third kappa shape index (κ3) is 4.19. The van der Waals surface area contributed by atoms with Gasteiger partial charge in [-0.1, -0.05) is 24.3 Å². The van der Waals surface area contributed by atoms with Gasteiger partial charge in [-0.3, -0.25) is 9.59 Å². The van der Waals surface area contributed by atoms with Crippen LogP contribution >= 0.6 is 0 Å².